The van der Waals surface area contributed by atoms with E-state index in [4.69, 9.17) is 9.47 Å². The van der Waals surface area contributed by atoms with E-state index in [0.717, 1.165) is 31.7 Å². The van der Waals surface area contributed by atoms with Crippen LogP contribution >= 0.6 is 0 Å². The molecule has 1 unspecified atom stereocenters. The zero-order chi connectivity index (χ0) is 15.3. The number of aliphatic hydroxyl groups is 1. The molecule has 1 aromatic rings. The van der Waals surface area contributed by atoms with E-state index < -0.39 is 5.60 Å². The molecule has 118 valence electrons. The van der Waals surface area contributed by atoms with Crippen LogP contribution < -0.4 is 4.74 Å². The molecule has 0 aliphatic carbocycles. The molecular weight excluding hydrogens is 266 g/mol. The third-order valence-corrected chi connectivity index (χ3v) is 3.49. The largest absolute Gasteiger partial charge is 0.491 e. The molecule has 1 aliphatic heterocycles. The van der Waals surface area contributed by atoms with Crippen LogP contribution in [0.15, 0.2) is 24.3 Å². The van der Waals surface area contributed by atoms with Gasteiger partial charge in [0.1, 0.15) is 12.4 Å². The minimum atomic E-state index is -0.668. The van der Waals surface area contributed by atoms with Gasteiger partial charge in [-0.3, -0.25) is 4.90 Å². The molecular formula is C17H27NO3. The van der Waals surface area contributed by atoms with Gasteiger partial charge >= 0.3 is 0 Å². The highest BCUT2D eigenvalue weighted by molar-refractivity contribution is 5.27. The molecule has 1 atom stereocenters. The van der Waals surface area contributed by atoms with E-state index in [9.17, 15) is 5.11 Å². The van der Waals surface area contributed by atoms with E-state index >= 15 is 0 Å². The van der Waals surface area contributed by atoms with Crippen molar-refractivity contribution >= 4 is 0 Å². The molecule has 0 bridgehead atoms. The lowest BCUT2D eigenvalue weighted by Gasteiger charge is -2.25. The van der Waals surface area contributed by atoms with Crippen molar-refractivity contribution in [1.29, 1.82) is 0 Å². The van der Waals surface area contributed by atoms with Crippen LogP contribution in [0.5, 0.6) is 5.75 Å². The molecule has 1 aliphatic rings. The fourth-order valence-corrected chi connectivity index (χ4v) is 2.68. The number of hydrogen-bond acceptors (Lipinski definition) is 4. The van der Waals surface area contributed by atoms with Gasteiger partial charge in [0.2, 0.25) is 0 Å². The molecule has 0 saturated carbocycles. The smallest absolute Gasteiger partial charge is 0.119 e. The van der Waals surface area contributed by atoms with Crippen LogP contribution in [0.4, 0.5) is 0 Å². The van der Waals surface area contributed by atoms with Crippen molar-refractivity contribution in [1.82, 2.24) is 4.90 Å². The van der Waals surface area contributed by atoms with Crippen molar-refractivity contribution in [2.45, 2.75) is 44.9 Å². The van der Waals surface area contributed by atoms with Gasteiger partial charge in [0.25, 0.3) is 0 Å². The van der Waals surface area contributed by atoms with Crippen molar-refractivity contribution in [3.05, 3.63) is 29.8 Å². The summed E-state index contributed by atoms with van der Waals surface area (Å²) in [5.41, 5.74) is 0.547. The van der Waals surface area contributed by atoms with Crippen LogP contribution in [0.2, 0.25) is 0 Å². The lowest BCUT2D eigenvalue weighted by molar-refractivity contribution is 0.0425. The Morgan fingerprint density at radius 2 is 2.05 bits per heavy atom. The summed E-state index contributed by atoms with van der Waals surface area (Å²) < 4.78 is 11.3. The molecule has 1 saturated heterocycles. The van der Waals surface area contributed by atoms with Crippen molar-refractivity contribution in [3.63, 3.8) is 0 Å². The molecule has 2 rings (SSSR count). The van der Waals surface area contributed by atoms with Gasteiger partial charge in [0.15, 0.2) is 0 Å². The molecule has 0 amide bonds. The average Bonchev–Trinajstić information content (AvgIpc) is 2.89. The van der Waals surface area contributed by atoms with Gasteiger partial charge in [-0.1, -0.05) is 12.1 Å². The van der Waals surface area contributed by atoms with Crippen LogP contribution in [0, 0.1) is 0 Å². The van der Waals surface area contributed by atoms with E-state index in [2.05, 4.69) is 17.0 Å². The van der Waals surface area contributed by atoms with E-state index in [0.29, 0.717) is 13.2 Å². The Balaban J connectivity index is 1.78. The van der Waals surface area contributed by atoms with E-state index in [1.807, 2.05) is 33.0 Å². The first-order valence-corrected chi connectivity index (χ1v) is 7.67. The van der Waals surface area contributed by atoms with Crippen LogP contribution in [0.1, 0.15) is 32.3 Å². The summed E-state index contributed by atoms with van der Waals surface area (Å²) >= 11 is 0. The minimum Gasteiger partial charge on any atom is -0.491 e. The molecule has 1 aromatic carbocycles. The Hall–Kier alpha value is -1.10. The van der Waals surface area contributed by atoms with Gasteiger partial charge in [-0.2, -0.15) is 0 Å². The Kier molecular flexibility index (Phi) is 5.62. The van der Waals surface area contributed by atoms with Crippen LogP contribution in [-0.4, -0.2) is 48.5 Å². The predicted molar refractivity (Wildman–Crippen MR) is 83.5 cm³/mol. The monoisotopic (exact) mass is 293 g/mol. The summed E-state index contributed by atoms with van der Waals surface area (Å²) in [4.78, 5) is 2.11. The van der Waals surface area contributed by atoms with Gasteiger partial charge in [-0.05, 0) is 51.4 Å². The first-order chi connectivity index (χ1) is 9.92. The summed E-state index contributed by atoms with van der Waals surface area (Å²) in [6.07, 6.45) is 2.49. The highest BCUT2D eigenvalue weighted by Gasteiger charge is 2.17. The normalized spacial score (nSPS) is 19.2. The third-order valence-electron chi connectivity index (χ3n) is 3.49. The molecule has 0 radical (unpaired) electrons. The molecule has 1 heterocycles. The summed E-state index contributed by atoms with van der Waals surface area (Å²) in [6.45, 7) is 6.61. The zero-order valence-electron chi connectivity index (χ0n) is 13.3. The summed E-state index contributed by atoms with van der Waals surface area (Å²) in [7, 11) is 2.01. The molecule has 0 spiro atoms. The minimum absolute atomic E-state index is 0.252. The lowest BCUT2D eigenvalue weighted by Crippen LogP contribution is -2.35. The second kappa shape index (κ2) is 7.25. The Morgan fingerprint density at radius 3 is 2.62 bits per heavy atom. The van der Waals surface area contributed by atoms with Crippen molar-refractivity contribution in [2.24, 2.45) is 0 Å². The maximum atomic E-state index is 9.81. The van der Waals surface area contributed by atoms with Crippen LogP contribution in [0.3, 0.4) is 0 Å². The van der Waals surface area contributed by atoms with Gasteiger partial charge in [-0.15, -0.1) is 0 Å². The Bertz CT molecular complexity index is 419. The number of rotatable bonds is 7. The summed E-state index contributed by atoms with van der Waals surface area (Å²) in [5.74, 6) is 0.888. The highest BCUT2D eigenvalue weighted by Crippen LogP contribution is 2.17. The Morgan fingerprint density at radius 1 is 1.33 bits per heavy atom. The average molecular weight is 293 g/mol. The number of benzene rings is 1. The zero-order valence-corrected chi connectivity index (χ0v) is 13.3. The van der Waals surface area contributed by atoms with Gasteiger partial charge in [-0.25, -0.2) is 0 Å². The second-order valence-electron chi connectivity index (χ2n) is 6.57. The van der Waals surface area contributed by atoms with Crippen molar-refractivity contribution in [2.75, 3.05) is 26.8 Å². The van der Waals surface area contributed by atoms with Crippen LogP contribution in [-0.2, 0) is 11.3 Å². The lowest BCUT2D eigenvalue weighted by atomic mass is 10.1. The van der Waals surface area contributed by atoms with Gasteiger partial charge in [0.05, 0.1) is 11.7 Å². The summed E-state index contributed by atoms with van der Waals surface area (Å²) in [5, 5.41) is 9.81. The maximum absolute atomic E-state index is 9.81. The highest BCUT2D eigenvalue weighted by atomic mass is 16.5. The van der Waals surface area contributed by atoms with Gasteiger partial charge < -0.3 is 14.6 Å². The molecule has 0 aromatic heterocycles. The molecule has 4 nitrogen and oxygen atoms in total. The topological polar surface area (TPSA) is 41.9 Å². The van der Waals surface area contributed by atoms with Gasteiger partial charge in [0, 0.05) is 19.7 Å². The van der Waals surface area contributed by atoms with Crippen molar-refractivity contribution < 1.29 is 14.6 Å². The SMILES string of the molecule is CN(Cc1ccc(OCC2CCCO2)cc1)CC(C)(C)O. The number of ether oxygens (including phenoxy) is 2. The van der Waals surface area contributed by atoms with Crippen LogP contribution in [0.25, 0.3) is 0 Å². The molecule has 1 N–H and O–H groups in total. The predicted octanol–water partition coefficient (Wildman–Crippen LogP) is 2.45. The fourth-order valence-electron chi connectivity index (χ4n) is 2.68. The fraction of sp³-hybridized carbons (Fsp3) is 0.647. The number of likely N-dealkylation sites (N-methyl/N-ethyl adjacent to an activating group) is 1. The van der Waals surface area contributed by atoms with Crippen molar-refractivity contribution in [3.8, 4) is 5.75 Å². The first kappa shape index (κ1) is 16.3. The molecule has 1 fully saturated rings. The first-order valence-electron chi connectivity index (χ1n) is 7.67. The van der Waals surface area contributed by atoms with E-state index in [1.54, 1.807) is 0 Å². The van der Waals surface area contributed by atoms with E-state index in [-0.39, 0.29) is 6.10 Å². The molecule has 4 heteroatoms. The molecule has 21 heavy (non-hydrogen) atoms. The Labute approximate surface area is 127 Å². The quantitative estimate of drug-likeness (QED) is 0.838. The second-order valence-corrected chi connectivity index (χ2v) is 6.57. The number of hydrogen-bond donors (Lipinski definition) is 1. The standard InChI is InChI=1S/C17H27NO3/c1-17(2,19)13-18(3)11-14-6-8-15(9-7-14)21-12-16-5-4-10-20-16/h6-9,16,19H,4-5,10-13H2,1-3H3. The van der Waals surface area contributed by atoms with E-state index in [1.165, 1.54) is 5.56 Å². The third kappa shape index (κ3) is 6.04. The maximum Gasteiger partial charge on any atom is 0.119 e. The summed E-state index contributed by atoms with van der Waals surface area (Å²) in [6, 6.07) is 8.15. The number of nitrogens with zero attached hydrogens (tertiary/aromatic N) is 1.